The van der Waals surface area contributed by atoms with Gasteiger partial charge in [0, 0.05) is 37.3 Å². The van der Waals surface area contributed by atoms with Crippen LogP contribution in [0.5, 0.6) is 5.75 Å². The Morgan fingerprint density at radius 2 is 1.79 bits per heavy atom. The summed E-state index contributed by atoms with van der Waals surface area (Å²) in [4.78, 5) is 23.2. The van der Waals surface area contributed by atoms with Gasteiger partial charge in [-0.1, -0.05) is 26.8 Å². The van der Waals surface area contributed by atoms with E-state index in [1.165, 1.54) is 10.6 Å². The van der Waals surface area contributed by atoms with Gasteiger partial charge in [-0.2, -0.15) is 0 Å². The lowest BCUT2D eigenvalue weighted by molar-refractivity contribution is 0.295. The second kappa shape index (κ2) is 10.9. The van der Waals surface area contributed by atoms with Crippen LogP contribution in [-0.4, -0.2) is 52.0 Å². The summed E-state index contributed by atoms with van der Waals surface area (Å²) in [5, 5.41) is 20.7. The third-order valence-electron chi connectivity index (χ3n) is 8.81. The number of aromatic nitrogens is 2. The summed E-state index contributed by atoms with van der Waals surface area (Å²) in [7, 11) is 0. The summed E-state index contributed by atoms with van der Waals surface area (Å²) < 4.78 is 49.6. The van der Waals surface area contributed by atoms with Crippen molar-refractivity contribution in [3.63, 3.8) is 0 Å². The maximum Gasteiger partial charge on any atom is 0.281 e. The van der Waals surface area contributed by atoms with Gasteiger partial charge in [0.25, 0.3) is 5.56 Å². The number of pyridine rings is 2. The molecule has 2 aromatic heterocycles. The highest BCUT2D eigenvalue weighted by molar-refractivity contribution is 6.03. The van der Waals surface area contributed by atoms with Crippen molar-refractivity contribution in [2.75, 3.05) is 36.0 Å². The monoisotopic (exact) mass is 592 g/mol. The second-order valence-electron chi connectivity index (χ2n) is 12.1. The van der Waals surface area contributed by atoms with E-state index in [1.54, 1.807) is 19.2 Å². The summed E-state index contributed by atoms with van der Waals surface area (Å²) in [6.07, 6.45) is 3.40. The van der Waals surface area contributed by atoms with Crippen molar-refractivity contribution in [3.8, 4) is 22.6 Å². The predicted molar refractivity (Wildman–Crippen MR) is 162 cm³/mol. The van der Waals surface area contributed by atoms with Crippen LogP contribution in [0.15, 0.2) is 41.3 Å². The number of hydrogen-bond acceptors (Lipinski definition) is 6. The second-order valence-corrected chi connectivity index (χ2v) is 12.1. The largest absolute Gasteiger partial charge is 0.507 e. The normalized spacial score (nSPS) is 18.3. The Kier molecular flexibility index (Phi) is 7.36. The molecule has 0 amide bonds. The molecule has 0 unspecified atom stereocenters. The summed E-state index contributed by atoms with van der Waals surface area (Å²) >= 11 is 0. The SMILES string of the molecule is Cc1ccnc(C(C)C)c1-n1c(=O)c2c(c3cc(F)c(-c4c(O)cccc4F)c(F)c31)N1C[C@@H](C)CC[C@@H]1CN2CCO. The minimum Gasteiger partial charge on any atom is -0.507 e. The van der Waals surface area contributed by atoms with Crippen molar-refractivity contribution >= 4 is 22.3 Å². The number of aliphatic hydroxyl groups is 1. The van der Waals surface area contributed by atoms with Crippen LogP contribution in [0.4, 0.5) is 24.5 Å². The number of piperidine rings is 1. The minimum atomic E-state index is -1.16. The molecule has 6 rings (SSSR count). The first kappa shape index (κ1) is 29.0. The van der Waals surface area contributed by atoms with Gasteiger partial charge in [-0.3, -0.25) is 14.3 Å². The molecule has 0 radical (unpaired) electrons. The Labute approximate surface area is 247 Å². The van der Waals surface area contributed by atoms with Crippen LogP contribution in [0.1, 0.15) is 50.8 Å². The number of β-amino-alcohol motifs (C(OH)–C–C–N with tert-alkyl or cyclic N) is 1. The Hall–Kier alpha value is -4.05. The molecule has 4 aromatic rings. The number of benzene rings is 2. The molecular weight excluding hydrogens is 557 g/mol. The summed E-state index contributed by atoms with van der Waals surface area (Å²) in [6.45, 7) is 8.75. The first-order valence-corrected chi connectivity index (χ1v) is 14.7. The molecule has 10 heteroatoms. The number of anilines is 2. The molecule has 0 aliphatic carbocycles. The third kappa shape index (κ3) is 4.54. The zero-order valence-electron chi connectivity index (χ0n) is 24.7. The van der Waals surface area contributed by atoms with E-state index in [1.807, 2.05) is 18.7 Å². The van der Waals surface area contributed by atoms with E-state index < -0.39 is 39.9 Å². The van der Waals surface area contributed by atoms with Crippen molar-refractivity contribution in [1.29, 1.82) is 0 Å². The lowest BCUT2D eigenvalue weighted by Gasteiger charge is -2.48. The Bertz CT molecular complexity index is 1790. The molecule has 1 fully saturated rings. The number of nitrogens with zero attached hydrogens (tertiary/aromatic N) is 4. The van der Waals surface area contributed by atoms with Crippen LogP contribution < -0.4 is 15.4 Å². The number of phenols is 1. The van der Waals surface area contributed by atoms with E-state index in [9.17, 15) is 15.0 Å². The molecule has 0 spiro atoms. The van der Waals surface area contributed by atoms with E-state index in [-0.39, 0.29) is 47.6 Å². The van der Waals surface area contributed by atoms with Gasteiger partial charge in [-0.15, -0.1) is 0 Å². The van der Waals surface area contributed by atoms with Gasteiger partial charge in [-0.25, -0.2) is 13.2 Å². The fourth-order valence-electron chi connectivity index (χ4n) is 6.85. The summed E-state index contributed by atoms with van der Waals surface area (Å²) in [5.41, 5.74) is 0.0785. The van der Waals surface area contributed by atoms with Crippen LogP contribution in [0.3, 0.4) is 0 Å². The van der Waals surface area contributed by atoms with E-state index in [4.69, 9.17) is 0 Å². The maximum atomic E-state index is 17.1. The highest BCUT2D eigenvalue weighted by Crippen LogP contribution is 2.47. The minimum absolute atomic E-state index is 0.0264. The first-order valence-electron chi connectivity index (χ1n) is 14.7. The lowest BCUT2D eigenvalue weighted by atomic mass is 9.89. The smallest absolute Gasteiger partial charge is 0.281 e. The molecule has 4 heterocycles. The van der Waals surface area contributed by atoms with Gasteiger partial charge in [-0.05, 0) is 61.4 Å². The van der Waals surface area contributed by atoms with Crippen LogP contribution in [0.25, 0.3) is 27.7 Å². The molecule has 2 atom stereocenters. The molecule has 43 heavy (non-hydrogen) atoms. The maximum absolute atomic E-state index is 17.1. The molecule has 0 bridgehead atoms. The van der Waals surface area contributed by atoms with Gasteiger partial charge in [0.1, 0.15) is 23.1 Å². The first-order chi connectivity index (χ1) is 20.5. The van der Waals surface area contributed by atoms with Gasteiger partial charge in [0.15, 0.2) is 5.82 Å². The van der Waals surface area contributed by atoms with E-state index in [0.717, 1.165) is 31.0 Å². The molecule has 0 saturated carbocycles. The molecular formula is C33H35F3N4O3. The van der Waals surface area contributed by atoms with E-state index in [2.05, 4.69) is 16.8 Å². The number of fused-ring (bicyclic) bond motifs is 5. The molecule has 2 aliphatic rings. The Balaban J connectivity index is 1.84. The van der Waals surface area contributed by atoms with E-state index >= 15 is 13.2 Å². The number of hydrogen-bond donors (Lipinski definition) is 2. The fraction of sp³-hybridized carbons (Fsp3) is 0.394. The van der Waals surface area contributed by atoms with Crippen LogP contribution in [-0.2, 0) is 0 Å². The topological polar surface area (TPSA) is 81.8 Å². The Morgan fingerprint density at radius 3 is 2.49 bits per heavy atom. The molecule has 226 valence electrons. The van der Waals surface area contributed by atoms with Crippen molar-refractivity contribution in [1.82, 2.24) is 9.55 Å². The number of halogens is 3. The highest BCUT2D eigenvalue weighted by atomic mass is 19.1. The molecule has 2 aromatic carbocycles. The predicted octanol–water partition coefficient (Wildman–Crippen LogP) is 6.02. The molecule has 2 aliphatic heterocycles. The zero-order chi connectivity index (χ0) is 30.7. The average Bonchev–Trinajstić information content (AvgIpc) is 2.95. The van der Waals surface area contributed by atoms with Crippen molar-refractivity contribution in [2.24, 2.45) is 5.92 Å². The summed E-state index contributed by atoms with van der Waals surface area (Å²) in [5.74, 6) is -3.72. The van der Waals surface area contributed by atoms with Crippen molar-refractivity contribution < 1.29 is 23.4 Å². The van der Waals surface area contributed by atoms with E-state index in [0.29, 0.717) is 35.7 Å². The van der Waals surface area contributed by atoms with Gasteiger partial charge in [0.2, 0.25) is 0 Å². The molecule has 2 N–H and O–H groups in total. The quantitative estimate of drug-likeness (QED) is 0.295. The third-order valence-corrected chi connectivity index (χ3v) is 8.81. The van der Waals surface area contributed by atoms with Crippen LogP contribution in [0.2, 0.25) is 0 Å². The number of aliphatic hydroxyl groups excluding tert-OH is 1. The number of aryl methyl sites for hydroxylation is 1. The highest BCUT2D eigenvalue weighted by Gasteiger charge is 2.40. The van der Waals surface area contributed by atoms with Crippen molar-refractivity contribution in [2.45, 2.75) is 52.5 Å². The number of rotatable bonds is 5. The number of aromatic hydroxyl groups is 1. The average molecular weight is 593 g/mol. The summed E-state index contributed by atoms with van der Waals surface area (Å²) in [6, 6.07) is 6.27. The molecule has 1 saturated heterocycles. The van der Waals surface area contributed by atoms with Crippen LogP contribution >= 0.6 is 0 Å². The standard InChI is InChI=1S/C33H35F3N4O3/c1-17(2)28-29(19(4)10-11-37-28)40-30-21(14-23(35)26(27(30)36)25-22(34)6-5-7-24(25)42)31-32(33(40)43)38(12-13-41)16-20-9-8-18(3)15-39(20)31/h5-7,10-11,14,17-18,20,41-42H,8-9,12-13,15-16H2,1-4H3/t18-,20+/m0/s1. The zero-order valence-corrected chi connectivity index (χ0v) is 24.7. The van der Waals surface area contributed by atoms with Crippen LogP contribution in [0, 0.1) is 30.3 Å². The lowest BCUT2D eigenvalue weighted by Crippen LogP contribution is -2.55. The van der Waals surface area contributed by atoms with Crippen molar-refractivity contribution in [3.05, 3.63) is 75.6 Å². The Morgan fingerprint density at radius 1 is 1.02 bits per heavy atom. The van der Waals surface area contributed by atoms with Gasteiger partial charge in [0.05, 0.1) is 40.3 Å². The molecule has 7 nitrogen and oxygen atoms in total. The fourth-order valence-corrected chi connectivity index (χ4v) is 6.85. The van der Waals surface area contributed by atoms with Gasteiger partial charge < -0.3 is 20.0 Å². The van der Waals surface area contributed by atoms with Gasteiger partial charge >= 0.3 is 0 Å². The number of phenolic OH excluding ortho intramolecular Hbond substituents is 1.